The smallest absolute Gasteiger partial charge is 0.410 e. The van der Waals surface area contributed by atoms with Crippen molar-refractivity contribution in [1.82, 2.24) is 9.80 Å². The topological polar surface area (TPSA) is 51.2 Å². The largest absolute Gasteiger partial charge is 0.493 e. The third kappa shape index (κ3) is 2.94. The monoisotopic (exact) mass is 386 g/mol. The molecule has 6 heteroatoms. The van der Waals surface area contributed by atoms with E-state index in [0.29, 0.717) is 19.5 Å². The zero-order chi connectivity index (χ0) is 19.9. The first kappa shape index (κ1) is 19.1. The Bertz CT molecular complexity index is 789. The van der Waals surface area contributed by atoms with Crippen LogP contribution in [0.15, 0.2) is 24.3 Å². The number of hydrogen-bond donors (Lipinski definition) is 0. The summed E-state index contributed by atoms with van der Waals surface area (Å²) in [5, 5.41) is 0. The lowest BCUT2D eigenvalue weighted by Gasteiger charge is -2.37. The van der Waals surface area contributed by atoms with E-state index in [9.17, 15) is 4.79 Å². The Labute approximate surface area is 167 Å². The predicted octanol–water partition coefficient (Wildman–Crippen LogP) is 3.34. The Morgan fingerprint density at radius 3 is 2.86 bits per heavy atom. The number of methoxy groups -OCH3 is 1. The summed E-state index contributed by atoms with van der Waals surface area (Å²) in [6, 6.07) is 4.16. The third-order valence-electron chi connectivity index (χ3n) is 6.40. The molecule has 1 aromatic rings. The molecule has 4 rings (SSSR count). The van der Waals surface area contributed by atoms with E-state index >= 15 is 0 Å². The van der Waals surface area contributed by atoms with Crippen LogP contribution < -0.4 is 9.47 Å². The van der Waals surface area contributed by atoms with Gasteiger partial charge in [-0.15, -0.1) is 0 Å². The lowest BCUT2D eigenvalue weighted by molar-refractivity contribution is 0.0430. The van der Waals surface area contributed by atoms with Gasteiger partial charge >= 0.3 is 6.09 Å². The SMILES string of the molecule is CCN(CC)C(=O)O[C@H]1C=C[C@@]23CCN(C)Cc4ccc(OC)c(c42)O[C@H]3C1. The molecule has 0 radical (unpaired) electrons. The van der Waals surface area contributed by atoms with Gasteiger partial charge in [-0.05, 0) is 51.6 Å². The lowest BCUT2D eigenvalue weighted by atomic mass is 9.69. The highest BCUT2D eigenvalue weighted by atomic mass is 16.6. The Morgan fingerprint density at radius 1 is 1.36 bits per heavy atom. The van der Waals surface area contributed by atoms with E-state index in [-0.39, 0.29) is 23.7 Å². The van der Waals surface area contributed by atoms with E-state index in [4.69, 9.17) is 14.2 Å². The summed E-state index contributed by atoms with van der Waals surface area (Å²) in [5.74, 6) is 1.64. The summed E-state index contributed by atoms with van der Waals surface area (Å²) in [4.78, 5) is 16.5. The minimum Gasteiger partial charge on any atom is -0.493 e. The van der Waals surface area contributed by atoms with Crippen molar-refractivity contribution in [2.75, 3.05) is 33.8 Å². The van der Waals surface area contributed by atoms with Crippen molar-refractivity contribution >= 4 is 6.09 Å². The molecule has 0 N–H and O–H groups in total. The van der Waals surface area contributed by atoms with Gasteiger partial charge in [-0.1, -0.05) is 12.1 Å². The fourth-order valence-electron chi connectivity index (χ4n) is 4.84. The molecule has 3 atom stereocenters. The predicted molar refractivity (Wildman–Crippen MR) is 107 cm³/mol. The molecule has 0 fully saturated rings. The molecule has 1 spiro atoms. The van der Waals surface area contributed by atoms with Crippen LogP contribution in [0.3, 0.4) is 0 Å². The van der Waals surface area contributed by atoms with E-state index in [2.05, 4.69) is 30.2 Å². The molecule has 0 saturated heterocycles. The van der Waals surface area contributed by atoms with Gasteiger partial charge in [0.15, 0.2) is 11.5 Å². The van der Waals surface area contributed by atoms with Crippen molar-refractivity contribution in [2.24, 2.45) is 0 Å². The average molecular weight is 386 g/mol. The van der Waals surface area contributed by atoms with Crippen molar-refractivity contribution in [3.05, 3.63) is 35.4 Å². The fourth-order valence-corrected chi connectivity index (χ4v) is 4.84. The van der Waals surface area contributed by atoms with Crippen molar-refractivity contribution in [3.8, 4) is 11.5 Å². The van der Waals surface area contributed by atoms with E-state index in [1.54, 1.807) is 12.0 Å². The van der Waals surface area contributed by atoms with Gasteiger partial charge in [0.25, 0.3) is 0 Å². The van der Waals surface area contributed by atoms with Crippen LogP contribution in [0.4, 0.5) is 4.79 Å². The summed E-state index contributed by atoms with van der Waals surface area (Å²) in [6.07, 6.45) is 5.35. The molecule has 3 aliphatic rings. The first-order chi connectivity index (χ1) is 13.5. The number of carbonyl (C=O) groups excluding carboxylic acids is 1. The van der Waals surface area contributed by atoms with Crippen LogP contribution in [-0.4, -0.2) is 61.9 Å². The molecule has 0 unspecified atom stereocenters. The highest BCUT2D eigenvalue weighted by Crippen LogP contribution is 2.55. The Kier molecular flexibility index (Phi) is 5.00. The average Bonchev–Trinajstić information content (AvgIpc) is 2.95. The fraction of sp³-hybridized carbons (Fsp3) is 0.591. The van der Waals surface area contributed by atoms with Gasteiger partial charge in [0, 0.05) is 31.6 Å². The normalized spacial score (nSPS) is 28.0. The number of amides is 1. The van der Waals surface area contributed by atoms with Crippen LogP contribution in [0.25, 0.3) is 0 Å². The molecule has 28 heavy (non-hydrogen) atoms. The van der Waals surface area contributed by atoms with Gasteiger partial charge in [0.2, 0.25) is 0 Å². The molecule has 1 aromatic carbocycles. The standard InChI is InChI=1S/C22H30N2O4/c1-5-24(6-2)21(25)27-16-9-10-22-11-12-23(3)14-15-7-8-17(26-4)20(19(15)22)28-18(22)13-16/h7-10,16,18H,5-6,11-14H2,1-4H3/t16-,18-,22-/m0/s1. The van der Waals surface area contributed by atoms with Gasteiger partial charge in [0.1, 0.15) is 12.2 Å². The molecule has 6 nitrogen and oxygen atoms in total. The van der Waals surface area contributed by atoms with Gasteiger partial charge < -0.3 is 24.0 Å². The van der Waals surface area contributed by atoms with Gasteiger partial charge in [-0.3, -0.25) is 0 Å². The summed E-state index contributed by atoms with van der Waals surface area (Å²) >= 11 is 0. The van der Waals surface area contributed by atoms with Crippen LogP contribution in [0, 0.1) is 0 Å². The van der Waals surface area contributed by atoms with E-state index in [0.717, 1.165) is 31.0 Å². The molecule has 1 aliphatic carbocycles. The molecule has 2 heterocycles. The number of nitrogens with zero attached hydrogens (tertiary/aromatic N) is 2. The number of carbonyl (C=O) groups is 1. The number of benzene rings is 1. The summed E-state index contributed by atoms with van der Waals surface area (Å²) < 4.78 is 17.8. The van der Waals surface area contributed by atoms with Gasteiger partial charge in [-0.25, -0.2) is 4.79 Å². The highest BCUT2D eigenvalue weighted by molar-refractivity contribution is 5.68. The molecule has 152 valence electrons. The van der Waals surface area contributed by atoms with Crippen molar-refractivity contribution < 1.29 is 19.0 Å². The summed E-state index contributed by atoms with van der Waals surface area (Å²) in [6.45, 7) is 7.11. The maximum Gasteiger partial charge on any atom is 0.410 e. The Hall–Kier alpha value is -2.21. The van der Waals surface area contributed by atoms with Crippen molar-refractivity contribution in [2.45, 2.75) is 50.9 Å². The molecule has 2 aliphatic heterocycles. The third-order valence-corrected chi connectivity index (χ3v) is 6.40. The van der Waals surface area contributed by atoms with Gasteiger partial charge in [0.05, 0.1) is 12.5 Å². The van der Waals surface area contributed by atoms with Crippen LogP contribution in [0.5, 0.6) is 11.5 Å². The molecule has 1 amide bonds. The molecule has 0 saturated carbocycles. The minimum atomic E-state index is -0.270. The minimum absolute atomic E-state index is 0.0523. The molecule has 0 aromatic heterocycles. The number of rotatable bonds is 4. The first-order valence-electron chi connectivity index (χ1n) is 10.2. The van der Waals surface area contributed by atoms with Crippen LogP contribution in [0.1, 0.15) is 37.8 Å². The van der Waals surface area contributed by atoms with E-state index in [1.807, 2.05) is 19.9 Å². The number of ether oxygens (including phenoxy) is 3. The lowest BCUT2D eigenvalue weighted by Crippen LogP contribution is -2.44. The zero-order valence-corrected chi connectivity index (χ0v) is 17.2. The molecular weight excluding hydrogens is 356 g/mol. The maximum absolute atomic E-state index is 12.4. The van der Waals surface area contributed by atoms with Gasteiger partial charge in [-0.2, -0.15) is 0 Å². The molecule has 0 bridgehead atoms. The number of hydrogen-bond acceptors (Lipinski definition) is 5. The Balaban J connectivity index is 1.67. The Morgan fingerprint density at radius 2 is 2.14 bits per heavy atom. The van der Waals surface area contributed by atoms with Crippen LogP contribution in [0.2, 0.25) is 0 Å². The molecular formula is C22H30N2O4. The quantitative estimate of drug-likeness (QED) is 0.743. The van der Waals surface area contributed by atoms with Crippen LogP contribution in [-0.2, 0) is 16.7 Å². The second-order valence-corrected chi connectivity index (χ2v) is 7.96. The summed E-state index contributed by atoms with van der Waals surface area (Å²) in [5.41, 5.74) is 2.37. The maximum atomic E-state index is 12.4. The van der Waals surface area contributed by atoms with Crippen molar-refractivity contribution in [1.29, 1.82) is 0 Å². The van der Waals surface area contributed by atoms with E-state index in [1.165, 1.54) is 11.1 Å². The zero-order valence-electron chi connectivity index (χ0n) is 17.2. The van der Waals surface area contributed by atoms with Crippen LogP contribution >= 0.6 is 0 Å². The summed E-state index contributed by atoms with van der Waals surface area (Å²) in [7, 11) is 3.84. The second kappa shape index (κ2) is 7.32. The highest BCUT2D eigenvalue weighted by Gasteiger charge is 2.53. The second-order valence-electron chi connectivity index (χ2n) is 7.96. The van der Waals surface area contributed by atoms with E-state index < -0.39 is 0 Å². The first-order valence-corrected chi connectivity index (χ1v) is 10.2. The van der Waals surface area contributed by atoms with Crippen molar-refractivity contribution in [3.63, 3.8) is 0 Å².